The van der Waals surface area contributed by atoms with Gasteiger partial charge in [0.1, 0.15) is 5.54 Å². The van der Waals surface area contributed by atoms with Gasteiger partial charge in [-0.2, -0.15) is 0 Å². The molecule has 0 aromatic carbocycles. The van der Waals surface area contributed by atoms with E-state index in [1.807, 2.05) is 6.92 Å². The van der Waals surface area contributed by atoms with E-state index < -0.39 is 11.5 Å². The topological polar surface area (TPSA) is 58.6 Å². The Labute approximate surface area is 85.6 Å². The van der Waals surface area contributed by atoms with Crippen LogP contribution in [0.5, 0.6) is 0 Å². The largest absolute Gasteiger partial charge is 0.480 e. The first kappa shape index (κ1) is 13.4. The number of carboxylic acids is 1. The molecule has 0 saturated heterocycles. The molecule has 2 atom stereocenters. The molecule has 4 heteroatoms. The zero-order chi connectivity index (χ0) is 11.2. The first-order valence-electron chi connectivity index (χ1n) is 4.96. The van der Waals surface area contributed by atoms with Crippen molar-refractivity contribution in [1.29, 1.82) is 0 Å². The first-order chi connectivity index (χ1) is 6.46. The van der Waals surface area contributed by atoms with Gasteiger partial charge in [-0.25, -0.2) is 0 Å². The average molecular weight is 203 g/mol. The highest BCUT2D eigenvalue weighted by Gasteiger charge is 2.33. The van der Waals surface area contributed by atoms with Crippen LogP contribution in [0, 0.1) is 0 Å². The van der Waals surface area contributed by atoms with Gasteiger partial charge in [-0.1, -0.05) is 13.3 Å². The maximum atomic E-state index is 11.0. The number of carboxylic acid groups (broad SMARTS) is 1. The third-order valence-electron chi connectivity index (χ3n) is 2.19. The van der Waals surface area contributed by atoms with Crippen molar-refractivity contribution in [2.45, 2.75) is 45.2 Å². The third-order valence-corrected chi connectivity index (χ3v) is 2.19. The summed E-state index contributed by atoms with van der Waals surface area (Å²) in [7, 11) is 1.51. The van der Waals surface area contributed by atoms with Crippen molar-refractivity contribution < 1.29 is 14.6 Å². The van der Waals surface area contributed by atoms with Crippen molar-refractivity contribution in [2.75, 3.05) is 13.7 Å². The quantitative estimate of drug-likeness (QED) is 0.654. The molecule has 0 bridgehead atoms. The van der Waals surface area contributed by atoms with Gasteiger partial charge in [0.15, 0.2) is 0 Å². The molecule has 0 saturated carbocycles. The molecule has 0 aliphatic heterocycles. The Bertz CT molecular complexity index is 184. The Kier molecular flexibility index (Phi) is 5.72. The van der Waals surface area contributed by atoms with Crippen LogP contribution < -0.4 is 5.32 Å². The average Bonchev–Trinajstić information content (AvgIpc) is 2.04. The Morgan fingerprint density at radius 2 is 2.21 bits per heavy atom. The predicted octanol–water partition coefficient (Wildman–Crippen LogP) is 1.25. The van der Waals surface area contributed by atoms with Gasteiger partial charge < -0.3 is 9.84 Å². The number of ether oxygens (including phenoxy) is 1. The summed E-state index contributed by atoms with van der Waals surface area (Å²) in [5.74, 6) is -0.873. The molecule has 0 spiro atoms. The molecule has 14 heavy (non-hydrogen) atoms. The van der Waals surface area contributed by atoms with E-state index in [9.17, 15) is 4.79 Å². The monoisotopic (exact) mass is 203 g/mol. The van der Waals surface area contributed by atoms with E-state index in [4.69, 9.17) is 9.84 Å². The van der Waals surface area contributed by atoms with Gasteiger partial charge in [-0.15, -0.1) is 0 Å². The first-order valence-corrected chi connectivity index (χ1v) is 4.96. The van der Waals surface area contributed by atoms with E-state index >= 15 is 0 Å². The summed E-state index contributed by atoms with van der Waals surface area (Å²) < 4.78 is 4.90. The summed E-state index contributed by atoms with van der Waals surface area (Å²) in [6.07, 6.45) is 2.00. The normalized spacial score (nSPS) is 17.4. The van der Waals surface area contributed by atoms with Gasteiger partial charge in [0.05, 0.1) is 6.61 Å². The van der Waals surface area contributed by atoms with Crippen LogP contribution in [0.25, 0.3) is 0 Å². The van der Waals surface area contributed by atoms with E-state index in [0.29, 0.717) is 0 Å². The van der Waals surface area contributed by atoms with Gasteiger partial charge in [-0.05, 0) is 20.3 Å². The van der Waals surface area contributed by atoms with Crippen molar-refractivity contribution in [2.24, 2.45) is 0 Å². The van der Waals surface area contributed by atoms with Crippen LogP contribution in [0.1, 0.15) is 33.6 Å². The van der Waals surface area contributed by atoms with Crippen LogP contribution in [0.4, 0.5) is 0 Å². The Balaban J connectivity index is 4.28. The minimum absolute atomic E-state index is 0.177. The van der Waals surface area contributed by atoms with E-state index in [0.717, 1.165) is 12.8 Å². The SMILES string of the molecule is CCCC(C)NC(C)(COC)C(=O)O. The second-order valence-corrected chi connectivity index (χ2v) is 3.90. The molecule has 4 nitrogen and oxygen atoms in total. The number of hydrogen-bond acceptors (Lipinski definition) is 3. The summed E-state index contributed by atoms with van der Waals surface area (Å²) in [6.45, 7) is 5.88. The van der Waals surface area contributed by atoms with E-state index in [1.165, 1.54) is 7.11 Å². The molecule has 0 aromatic heterocycles. The number of nitrogens with one attached hydrogen (secondary N) is 1. The lowest BCUT2D eigenvalue weighted by Gasteiger charge is -2.29. The van der Waals surface area contributed by atoms with Crippen LogP contribution in [0.3, 0.4) is 0 Å². The second-order valence-electron chi connectivity index (χ2n) is 3.90. The molecular weight excluding hydrogens is 182 g/mol. The standard InChI is InChI=1S/C10H21NO3/c1-5-6-8(2)11-10(3,7-14-4)9(12)13/h8,11H,5-7H2,1-4H3,(H,12,13). The Morgan fingerprint density at radius 3 is 2.57 bits per heavy atom. The number of rotatable bonds is 7. The zero-order valence-electron chi connectivity index (χ0n) is 9.46. The number of aliphatic carboxylic acids is 1. The molecular formula is C10H21NO3. The number of carbonyl (C=O) groups is 1. The molecule has 0 amide bonds. The van der Waals surface area contributed by atoms with Gasteiger partial charge >= 0.3 is 5.97 Å². The van der Waals surface area contributed by atoms with Gasteiger partial charge in [-0.3, -0.25) is 10.1 Å². The molecule has 0 aliphatic carbocycles. The Morgan fingerprint density at radius 1 is 1.64 bits per heavy atom. The van der Waals surface area contributed by atoms with Gasteiger partial charge in [0.2, 0.25) is 0 Å². The Hall–Kier alpha value is -0.610. The predicted molar refractivity (Wildman–Crippen MR) is 55.4 cm³/mol. The van der Waals surface area contributed by atoms with E-state index in [2.05, 4.69) is 12.2 Å². The molecule has 0 fully saturated rings. The smallest absolute Gasteiger partial charge is 0.326 e. The highest BCUT2D eigenvalue weighted by atomic mass is 16.5. The molecule has 84 valence electrons. The van der Waals surface area contributed by atoms with Crippen molar-refractivity contribution in [3.05, 3.63) is 0 Å². The molecule has 0 aliphatic rings. The van der Waals surface area contributed by atoms with Crippen LogP contribution >= 0.6 is 0 Å². The second kappa shape index (κ2) is 5.98. The van der Waals surface area contributed by atoms with Crippen molar-refractivity contribution in [1.82, 2.24) is 5.32 Å². The minimum Gasteiger partial charge on any atom is -0.480 e. The highest BCUT2D eigenvalue weighted by molar-refractivity contribution is 5.78. The fourth-order valence-corrected chi connectivity index (χ4v) is 1.50. The summed E-state index contributed by atoms with van der Waals surface area (Å²) in [6, 6.07) is 0.191. The van der Waals surface area contributed by atoms with Crippen LogP contribution in [-0.4, -0.2) is 36.4 Å². The molecule has 0 aromatic rings. The van der Waals surface area contributed by atoms with Gasteiger partial charge in [0, 0.05) is 13.2 Å². The maximum absolute atomic E-state index is 11.0. The summed E-state index contributed by atoms with van der Waals surface area (Å²) >= 11 is 0. The molecule has 2 unspecified atom stereocenters. The summed E-state index contributed by atoms with van der Waals surface area (Å²) in [4.78, 5) is 11.0. The van der Waals surface area contributed by atoms with E-state index in [1.54, 1.807) is 6.92 Å². The van der Waals surface area contributed by atoms with Crippen molar-refractivity contribution in [3.63, 3.8) is 0 Å². The number of methoxy groups -OCH3 is 1. The lowest BCUT2D eigenvalue weighted by Crippen LogP contribution is -2.56. The fraction of sp³-hybridized carbons (Fsp3) is 0.900. The van der Waals surface area contributed by atoms with Crippen molar-refractivity contribution in [3.8, 4) is 0 Å². The molecule has 0 radical (unpaired) electrons. The summed E-state index contributed by atoms with van der Waals surface area (Å²) in [5, 5.41) is 12.1. The maximum Gasteiger partial charge on any atom is 0.326 e. The highest BCUT2D eigenvalue weighted by Crippen LogP contribution is 2.08. The van der Waals surface area contributed by atoms with E-state index in [-0.39, 0.29) is 12.6 Å². The minimum atomic E-state index is -0.983. The lowest BCUT2D eigenvalue weighted by molar-refractivity contribution is -0.146. The van der Waals surface area contributed by atoms with Gasteiger partial charge in [0.25, 0.3) is 0 Å². The van der Waals surface area contributed by atoms with Crippen LogP contribution in [0.2, 0.25) is 0 Å². The lowest BCUT2D eigenvalue weighted by atomic mass is 10.0. The third kappa shape index (κ3) is 4.07. The summed E-state index contributed by atoms with van der Waals surface area (Å²) in [5.41, 5.74) is -0.983. The molecule has 0 heterocycles. The zero-order valence-corrected chi connectivity index (χ0v) is 9.46. The van der Waals surface area contributed by atoms with Crippen LogP contribution in [-0.2, 0) is 9.53 Å². The van der Waals surface area contributed by atoms with Crippen LogP contribution in [0.15, 0.2) is 0 Å². The van der Waals surface area contributed by atoms with Crippen molar-refractivity contribution >= 4 is 5.97 Å². The fourth-order valence-electron chi connectivity index (χ4n) is 1.50. The molecule has 2 N–H and O–H groups in total. The molecule has 0 rings (SSSR count). The number of hydrogen-bond donors (Lipinski definition) is 2.